The van der Waals surface area contributed by atoms with Crippen molar-refractivity contribution in [1.82, 2.24) is 0 Å². The van der Waals surface area contributed by atoms with Gasteiger partial charge >= 0.3 is 0 Å². The van der Waals surface area contributed by atoms with Gasteiger partial charge in [-0.05, 0) is 25.5 Å². The first-order valence-electron chi connectivity index (χ1n) is 4.26. The van der Waals surface area contributed by atoms with E-state index in [2.05, 4.69) is 0 Å². The van der Waals surface area contributed by atoms with Crippen LogP contribution in [0.5, 0.6) is 0 Å². The SMILES string of the molecule is CCC(C)(O)c1c(Cl)ccc(Cl)c1F. The van der Waals surface area contributed by atoms with E-state index in [9.17, 15) is 9.50 Å². The van der Waals surface area contributed by atoms with E-state index in [1.807, 2.05) is 0 Å². The molecule has 1 aromatic carbocycles. The molecule has 0 aliphatic carbocycles. The van der Waals surface area contributed by atoms with Gasteiger partial charge in [0.05, 0.1) is 10.6 Å². The molecule has 4 heteroatoms. The third-order valence-corrected chi connectivity index (χ3v) is 2.88. The molecule has 0 aromatic heterocycles. The monoisotopic (exact) mass is 236 g/mol. The summed E-state index contributed by atoms with van der Waals surface area (Å²) in [5.41, 5.74) is -1.22. The number of hydrogen-bond acceptors (Lipinski definition) is 1. The summed E-state index contributed by atoms with van der Waals surface area (Å²) in [5.74, 6) is -0.647. The molecule has 1 aromatic rings. The van der Waals surface area contributed by atoms with Crippen molar-refractivity contribution in [2.75, 3.05) is 0 Å². The Hall–Kier alpha value is -0.310. The summed E-state index contributed by atoms with van der Waals surface area (Å²) in [7, 11) is 0. The van der Waals surface area contributed by atoms with E-state index in [0.717, 1.165) is 0 Å². The summed E-state index contributed by atoms with van der Waals surface area (Å²) in [5, 5.41) is 10.1. The fourth-order valence-corrected chi connectivity index (χ4v) is 1.70. The molecule has 0 heterocycles. The van der Waals surface area contributed by atoms with Gasteiger partial charge in [0.25, 0.3) is 0 Å². The van der Waals surface area contributed by atoms with Gasteiger partial charge in [0, 0.05) is 10.6 Å². The minimum atomic E-state index is -1.29. The van der Waals surface area contributed by atoms with Gasteiger partial charge in [-0.1, -0.05) is 30.1 Å². The maximum atomic E-state index is 13.6. The second kappa shape index (κ2) is 4.05. The van der Waals surface area contributed by atoms with Gasteiger partial charge in [-0.2, -0.15) is 0 Å². The van der Waals surface area contributed by atoms with Gasteiger partial charge in [-0.15, -0.1) is 0 Å². The Bertz CT molecular complexity index is 350. The van der Waals surface area contributed by atoms with Crippen molar-refractivity contribution >= 4 is 23.2 Å². The summed E-state index contributed by atoms with van der Waals surface area (Å²) in [4.78, 5) is 0. The lowest BCUT2D eigenvalue weighted by Crippen LogP contribution is -2.22. The van der Waals surface area contributed by atoms with E-state index < -0.39 is 11.4 Å². The fraction of sp³-hybridized carbons (Fsp3) is 0.400. The molecule has 0 amide bonds. The Kier molecular flexibility index (Phi) is 3.40. The maximum Gasteiger partial charge on any atom is 0.149 e. The number of aliphatic hydroxyl groups is 1. The third-order valence-electron chi connectivity index (χ3n) is 2.27. The summed E-state index contributed by atoms with van der Waals surface area (Å²) in [6, 6.07) is 2.85. The highest BCUT2D eigenvalue weighted by Gasteiger charge is 2.28. The highest BCUT2D eigenvalue weighted by molar-refractivity contribution is 6.33. The number of benzene rings is 1. The van der Waals surface area contributed by atoms with Crippen molar-refractivity contribution in [1.29, 1.82) is 0 Å². The smallest absolute Gasteiger partial charge is 0.149 e. The van der Waals surface area contributed by atoms with Crippen molar-refractivity contribution in [2.45, 2.75) is 25.9 Å². The quantitative estimate of drug-likeness (QED) is 0.776. The van der Waals surface area contributed by atoms with E-state index in [1.54, 1.807) is 6.92 Å². The molecule has 1 N–H and O–H groups in total. The predicted molar refractivity (Wildman–Crippen MR) is 56.3 cm³/mol. The zero-order valence-electron chi connectivity index (χ0n) is 7.94. The molecule has 0 bridgehead atoms. The largest absolute Gasteiger partial charge is 0.385 e. The molecule has 0 spiro atoms. The predicted octanol–water partition coefficient (Wildman–Crippen LogP) is 3.75. The van der Waals surface area contributed by atoms with Crippen LogP contribution in [0.25, 0.3) is 0 Å². The Morgan fingerprint density at radius 2 is 1.86 bits per heavy atom. The molecule has 0 aliphatic heterocycles. The highest BCUT2D eigenvalue weighted by Crippen LogP contribution is 2.35. The van der Waals surface area contributed by atoms with Crippen LogP contribution >= 0.6 is 23.2 Å². The Balaban J connectivity index is 3.40. The molecule has 1 nitrogen and oxygen atoms in total. The molecule has 0 aliphatic rings. The molecule has 0 saturated carbocycles. The van der Waals surface area contributed by atoms with Crippen LogP contribution in [-0.2, 0) is 5.60 Å². The highest BCUT2D eigenvalue weighted by atomic mass is 35.5. The van der Waals surface area contributed by atoms with Crippen LogP contribution in [0.3, 0.4) is 0 Å². The third kappa shape index (κ3) is 2.02. The number of hydrogen-bond donors (Lipinski definition) is 1. The van der Waals surface area contributed by atoms with Crippen LogP contribution < -0.4 is 0 Å². The molecule has 1 unspecified atom stereocenters. The van der Waals surface area contributed by atoms with Gasteiger partial charge in [0.15, 0.2) is 0 Å². The molecule has 1 rings (SSSR count). The average molecular weight is 237 g/mol. The first kappa shape index (κ1) is 11.8. The molecular weight excluding hydrogens is 226 g/mol. The van der Waals surface area contributed by atoms with Gasteiger partial charge in [-0.3, -0.25) is 0 Å². The molecule has 0 fully saturated rings. The second-order valence-electron chi connectivity index (χ2n) is 3.35. The first-order chi connectivity index (χ1) is 6.40. The topological polar surface area (TPSA) is 20.2 Å². The van der Waals surface area contributed by atoms with Gasteiger partial charge < -0.3 is 5.11 Å². The summed E-state index contributed by atoms with van der Waals surface area (Å²) in [6.45, 7) is 3.25. The van der Waals surface area contributed by atoms with E-state index in [0.29, 0.717) is 6.42 Å². The Morgan fingerprint density at radius 3 is 2.36 bits per heavy atom. The molecule has 0 saturated heterocycles. The van der Waals surface area contributed by atoms with Crippen molar-refractivity contribution in [3.05, 3.63) is 33.6 Å². The van der Waals surface area contributed by atoms with Crippen LogP contribution in [0.15, 0.2) is 12.1 Å². The van der Waals surface area contributed by atoms with Gasteiger partial charge in [-0.25, -0.2) is 4.39 Å². The van der Waals surface area contributed by atoms with Crippen molar-refractivity contribution in [3.63, 3.8) is 0 Å². The lowest BCUT2D eigenvalue weighted by Gasteiger charge is -2.23. The van der Waals surface area contributed by atoms with Crippen molar-refractivity contribution in [2.24, 2.45) is 0 Å². The van der Waals surface area contributed by atoms with E-state index >= 15 is 0 Å². The number of rotatable bonds is 2. The average Bonchev–Trinajstić information content (AvgIpc) is 2.12. The van der Waals surface area contributed by atoms with Crippen molar-refractivity contribution < 1.29 is 9.50 Å². The normalized spacial score (nSPS) is 15.3. The van der Waals surface area contributed by atoms with Crippen LogP contribution in [0, 0.1) is 5.82 Å². The first-order valence-corrected chi connectivity index (χ1v) is 5.02. The maximum absolute atomic E-state index is 13.6. The zero-order chi connectivity index (χ0) is 10.9. The molecule has 78 valence electrons. The van der Waals surface area contributed by atoms with Crippen LogP contribution in [0.2, 0.25) is 10.0 Å². The lowest BCUT2D eigenvalue weighted by atomic mass is 9.93. The van der Waals surface area contributed by atoms with Gasteiger partial charge in [0.1, 0.15) is 5.82 Å². The Labute approximate surface area is 92.5 Å². The van der Waals surface area contributed by atoms with E-state index in [4.69, 9.17) is 23.2 Å². The van der Waals surface area contributed by atoms with Crippen LogP contribution in [0.4, 0.5) is 4.39 Å². The van der Waals surface area contributed by atoms with E-state index in [1.165, 1.54) is 19.1 Å². The minimum absolute atomic E-state index is 0.0295. The minimum Gasteiger partial charge on any atom is -0.385 e. The van der Waals surface area contributed by atoms with Crippen LogP contribution in [0.1, 0.15) is 25.8 Å². The summed E-state index contributed by atoms with van der Waals surface area (Å²) < 4.78 is 13.6. The fourth-order valence-electron chi connectivity index (χ4n) is 1.20. The van der Waals surface area contributed by atoms with Crippen molar-refractivity contribution in [3.8, 4) is 0 Å². The molecule has 1 atom stereocenters. The Morgan fingerprint density at radius 1 is 1.36 bits per heavy atom. The number of halogens is 3. The second-order valence-corrected chi connectivity index (χ2v) is 4.16. The summed E-state index contributed by atoms with van der Waals surface area (Å²) in [6.07, 6.45) is 0.365. The van der Waals surface area contributed by atoms with Gasteiger partial charge in [0.2, 0.25) is 0 Å². The molecular formula is C10H11Cl2FO. The lowest BCUT2D eigenvalue weighted by molar-refractivity contribution is 0.0494. The summed E-state index contributed by atoms with van der Waals surface area (Å²) >= 11 is 11.4. The van der Waals surface area contributed by atoms with Crippen LogP contribution in [-0.4, -0.2) is 5.11 Å². The molecule has 14 heavy (non-hydrogen) atoms. The molecule has 0 radical (unpaired) electrons. The standard InChI is InChI=1S/C10H11Cl2FO/c1-3-10(2,14)8-6(11)4-5-7(12)9(8)13/h4-5,14H,3H2,1-2H3. The zero-order valence-corrected chi connectivity index (χ0v) is 9.45. The van der Waals surface area contributed by atoms with E-state index in [-0.39, 0.29) is 15.6 Å².